The minimum atomic E-state index is -1.12. The number of nitrogens with one attached hydrogen (secondary N) is 1. The van der Waals surface area contributed by atoms with Gasteiger partial charge in [-0.25, -0.2) is 4.79 Å². The lowest BCUT2D eigenvalue weighted by atomic mass is 10.0. The van der Waals surface area contributed by atoms with Crippen LogP contribution in [0.4, 0.5) is 10.5 Å². The number of rotatable bonds is 7. The molecule has 4 N–H and O–H groups in total. The van der Waals surface area contributed by atoms with Crippen molar-refractivity contribution in [1.29, 1.82) is 0 Å². The summed E-state index contributed by atoms with van der Waals surface area (Å²) in [7, 11) is 0. The van der Waals surface area contributed by atoms with Gasteiger partial charge in [-0.3, -0.25) is 19.4 Å². The third-order valence-corrected chi connectivity index (χ3v) is 5.11. The van der Waals surface area contributed by atoms with E-state index in [0.717, 1.165) is 11.3 Å². The summed E-state index contributed by atoms with van der Waals surface area (Å²) in [5, 5.41) is 31.2. The van der Waals surface area contributed by atoms with Crippen molar-refractivity contribution >= 4 is 40.9 Å². The molecule has 2 rings (SSSR count). The molecule has 0 aromatic heterocycles. The van der Waals surface area contributed by atoms with E-state index in [1.807, 2.05) is 24.3 Å². The summed E-state index contributed by atoms with van der Waals surface area (Å²) in [6.07, 6.45) is -0.717. The van der Waals surface area contributed by atoms with Gasteiger partial charge in [0, 0.05) is 38.4 Å². The quantitative estimate of drug-likeness (QED) is 0.446. The number of aliphatic carboxylic acids is 2. The molecule has 0 saturated carbocycles. The van der Waals surface area contributed by atoms with Crippen molar-refractivity contribution in [2.45, 2.75) is 19.4 Å². The average molecular weight is 453 g/mol. The first-order valence-corrected chi connectivity index (χ1v) is 10.3. The van der Waals surface area contributed by atoms with Crippen LogP contribution in [0.3, 0.4) is 0 Å². The van der Waals surface area contributed by atoms with Crippen LogP contribution in [0.5, 0.6) is 0 Å². The van der Waals surface area contributed by atoms with Gasteiger partial charge in [-0.05, 0) is 31.0 Å². The fourth-order valence-corrected chi connectivity index (χ4v) is 3.74. The summed E-state index contributed by atoms with van der Waals surface area (Å²) in [5.41, 5.74) is 1.73. The predicted molar refractivity (Wildman–Crippen MR) is 119 cm³/mol. The van der Waals surface area contributed by atoms with Gasteiger partial charge in [-0.1, -0.05) is 24.4 Å². The summed E-state index contributed by atoms with van der Waals surface area (Å²) in [6.45, 7) is 2.60. The molecule has 1 aromatic carbocycles. The highest BCUT2D eigenvalue weighted by Crippen LogP contribution is 2.16. The Kier molecular flexibility index (Phi) is 9.16. The maximum Gasteiger partial charge on any atom is 0.407 e. The number of amides is 1. The molecule has 1 fully saturated rings. The Morgan fingerprint density at radius 2 is 1.52 bits per heavy atom. The third-order valence-electron chi connectivity index (χ3n) is 5.01. The zero-order valence-corrected chi connectivity index (χ0v) is 18.2. The molecule has 1 saturated heterocycles. The van der Waals surface area contributed by atoms with Crippen LogP contribution in [0.15, 0.2) is 24.3 Å². The van der Waals surface area contributed by atoms with Gasteiger partial charge in [0.2, 0.25) is 0 Å². The Morgan fingerprint density at radius 3 is 2.06 bits per heavy atom. The second kappa shape index (κ2) is 11.6. The molecule has 1 aliphatic rings. The monoisotopic (exact) mass is 452 g/mol. The van der Waals surface area contributed by atoms with Crippen molar-refractivity contribution in [1.82, 2.24) is 14.7 Å². The van der Waals surface area contributed by atoms with Gasteiger partial charge >= 0.3 is 18.0 Å². The van der Waals surface area contributed by atoms with Gasteiger partial charge in [0.1, 0.15) is 0 Å². The van der Waals surface area contributed by atoms with Crippen LogP contribution >= 0.6 is 12.2 Å². The number of carboxylic acid groups (broad SMARTS) is 3. The molecule has 1 amide bonds. The van der Waals surface area contributed by atoms with E-state index in [0.29, 0.717) is 24.5 Å². The molecule has 31 heavy (non-hydrogen) atoms. The fraction of sp³-hybridized carbons (Fsp3) is 0.500. The molecule has 1 unspecified atom stereocenters. The van der Waals surface area contributed by atoms with Crippen molar-refractivity contribution in [3.8, 4) is 0 Å². The summed E-state index contributed by atoms with van der Waals surface area (Å²) >= 11 is 5.03. The number of nitrogens with zero attached hydrogens (tertiary/aromatic N) is 3. The van der Waals surface area contributed by atoms with Crippen molar-refractivity contribution < 1.29 is 29.7 Å². The van der Waals surface area contributed by atoms with Gasteiger partial charge in [0.25, 0.3) is 0 Å². The highest BCUT2D eigenvalue weighted by atomic mass is 32.1. The summed E-state index contributed by atoms with van der Waals surface area (Å²) in [4.78, 5) is 39.7. The second-order valence-electron chi connectivity index (χ2n) is 7.51. The van der Waals surface area contributed by atoms with Gasteiger partial charge < -0.3 is 25.5 Å². The van der Waals surface area contributed by atoms with Gasteiger partial charge in [-0.15, -0.1) is 0 Å². The topological polar surface area (TPSA) is 134 Å². The smallest absolute Gasteiger partial charge is 0.407 e. The third kappa shape index (κ3) is 8.48. The normalized spacial score (nSPS) is 18.5. The summed E-state index contributed by atoms with van der Waals surface area (Å²) in [5.74, 6) is -2.03. The van der Waals surface area contributed by atoms with Crippen LogP contribution in [-0.4, -0.2) is 105 Å². The van der Waals surface area contributed by atoms with E-state index >= 15 is 0 Å². The van der Waals surface area contributed by atoms with Crippen molar-refractivity contribution in [3.05, 3.63) is 29.8 Å². The Balaban J connectivity index is 2.24. The van der Waals surface area contributed by atoms with Crippen LogP contribution in [0, 0.1) is 0 Å². The zero-order chi connectivity index (χ0) is 23.0. The van der Waals surface area contributed by atoms with Crippen LogP contribution in [0.1, 0.15) is 12.5 Å². The largest absolute Gasteiger partial charge is 0.480 e. The molecule has 0 radical (unpaired) electrons. The van der Waals surface area contributed by atoms with Gasteiger partial charge in [0.15, 0.2) is 0 Å². The molecule has 1 aromatic rings. The lowest BCUT2D eigenvalue weighted by Crippen LogP contribution is -2.49. The number of thiocarbonyl (C=S) groups is 1. The van der Waals surface area contributed by atoms with Gasteiger partial charge in [-0.2, -0.15) is 0 Å². The molecule has 0 aliphatic carbocycles. The average Bonchev–Trinajstić information content (AvgIpc) is 2.72. The van der Waals surface area contributed by atoms with E-state index < -0.39 is 24.1 Å². The molecule has 0 bridgehead atoms. The fourth-order valence-electron chi connectivity index (χ4n) is 3.62. The Morgan fingerprint density at radius 1 is 0.968 bits per heavy atom. The molecule has 10 nitrogen and oxygen atoms in total. The van der Waals surface area contributed by atoms with E-state index in [1.54, 1.807) is 16.7 Å². The molecule has 170 valence electrons. The number of benzene rings is 1. The Bertz CT molecular complexity index is 803. The van der Waals surface area contributed by atoms with Crippen LogP contribution in [0.2, 0.25) is 0 Å². The first kappa shape index (κ1) is 24.5. The minimum absolute atomic E-state index is 0.137. The summed E-state index contributed by atoms with van der Waals surface area (Å²) in [6, 6.07) is 6.99. The lowest BCUT2D eigenvalue weighted by Gasteiger charge is -2.32. The molecule has 1 aliphatic heterocycles. The standard InChI is InChI=1S/C20H28N4O6S/c1-14(31)21-16-4-2-15(3-5-16)10-17-11-23(13-19(27)28)7-6-22(12-18(25)26)8-9-24(17)20(29)30/h2-5,17H,6-13H2,1H3,(H,21,31)(H,25,26)(H,27,28)(H,29,30). The molecule has 1 atom stereocenters. The van der Waals surface area contributed by atoms with Crippen molar-refractivity contribution in [3.63, 3.8) is 0 Å². The second-order valence-corrected chi connectivity index (χ2v) is 8.12. The van der Waals surface area contributed by atoms with Gasteiger partial charge in [0.05, 0.1) is 24.1 Å². The molecule has 11 heteroatoms. The number of carboxylic acids is 2. The number of anilines is 1. The first-order chi connectivity index (χ1) is 14.6. The lowest BCUT2D eigenvalue weighted by molar-refractivity contribution is -0.140. The Labute approximate surface area is 186 Å². The zero-order valence-electron chi connectivity index (χ0n) is 17.4. The molecular formula is C20H28N4O6S. The number of hydrogen-bond acceptors (Lipinski definition) is 6. The van der Waals surface area contributed by atoms with E-state index in [9.17, 15) is 24.6 Å². The molecule has 1 heterocycles. The van der Waals surface area contributed by atoms with Crippen LogP contribution in [0.25, 0.3) is 0 Å². The molecule has 0 spiro atoms. The van der Waals surface area contributed by atoms with Crippen molar-refractivity contribution in [2.24, 2.45) is 0 Å². The Hall–Kier alpha value is -2.76. The number of hydrogen-bond donors (Lipinski definition) is 4. The van der Waals surface area contributed by atoms with Crippen molar-refractivity contribution in [2.75, 3.05) is 51.1 Å². The number of carbonyl (C=O) groups is 3. The maximum atomic E-state index is 12.0. The summed E-state index contributed by atoms with van der Waals surface area (Å²) < 4.78 is 0. The highest BCUT2D eigenvalue weighted by molar-refractivity contribution is 7.80. The van der Waals surface area contributed by atoms with E-state index in [2.05, 4.69) is 5.32 Å². The molecular weight excluding hydrogens is 424 g/mol. The van der Waals surface area contributed by atoms with Crippen LogP contribution in [-0.2, 0) is 16.0 Å². The van der Waals surface area contributed by atoms with E-state index in [-0.39, 0.29) is 32.7 Å². The van der Waals surface area contributed by atoms with E-state index in [1.165, 1.54) is 4.90 Å². The minimum Gasteiger partial charge on any atom is -0.480 e. The predicted octanol–water partition coefficient (Wildman–Crippen LogP) is 1.12. The SMILES string of the molecule is CC(=S)Nc1ccc(CC2CN(CC(=O)O)CCN(CC(=O)O)CCN2C(=O)O)cc1. The maximum absolute atomic E-state index is 12.0. The van der Waals surface area contributed by atoms with E-state index in [4.69, 9.17) is 17.3 Å². The first-order valence-electron chi connectivity index (χ1n) is 9.88. The highest BCUT2D eigenvalue weighted by Gasteiger charge is 2.29. The van der Waals surface area contributed by atoms with Crippen LogP contribution < -0.4 is 5.32 Å².